The van der Waals surface area contributed by atoms with Crippen LogP contribution in [0.1, 0.15) is 24.6 Å². The van der Waals surface area contributed by atoms with Crippen molar-refractivity contribution in [3.8, 4) is 0 Å². The molecule has 1 aromatic rings. The van der Waals surface area contributed by atoms with Crippen molar-refractivity contribution in [2.45, 2.75) is 18.9 Å². The molecule has 1 fully saturated rings. The maximum absolute atomic E-state index is 5.38. The molecule has 82 valence electrons. The monoisotopic (exact) mass is 206 g/mol. The Morgan fingerprint density at radius 1 is 1.40 bits per heavy atom. The van der Waals surface area contributed by atoms with E-state index in [9.17, 15) is 0 Å². The molecule has 3 nitrogen and oxygen atoms in total. The highest BCUT2D eigenvalue weighted by Gasteiger charge is 2.24. The SMILES string of the molecule is CNC(c1ccccn1)C1CCOCC1. The number of rotatable bonds is 3. The zero-order valence-corrected chi connectivity index (χ0v) is 9.15. The van der Waals surface area contributed by atoms with Crippen LogP contribution in [0.3, 0.4) is 0 Å². The minimum absolute atomic E-state index is 0.370. The molecule has 2 heterocycles. The highest BCUT2D eigenvalue weighted by atomic mass is 16.5. The number of hydrogen-bond donors (Lipinski definition) is 1. The van der Waals surface area contributed by atoms with E-state index < -0.39 is 0 Å². The van der Waals surface area contributed by atoms with Gasteiger partial charge in [0, 0.05) is 19.4 Å². The van der Waals surface area contributed by atoms with Gasteiger partial charge in [0.1, 0.15) is 0 Å². The first-order chi connectivity index (χ1) is 7.42. The molecule has 0 spiro atoms. The molecule has 0 saturated carbocycles. The van der Waals surface area contributed by atoms with Gasteiger partial charge in [-0.15, -0.1) is 0 Å². The van der Waals surface area contributed by atoms with Gasteiger partial charge in [0.05, 0.1) is 11.7 Å². The van der Waals surface area contributed by atoms with E-state index >= 15 is 0 Å². The Labute approximate surface area is 90.9 Å². The Bertz CT molecular complexity index is 283. The molecule has 3 heteroatoms. The van der Waals surface area contributed by atoms with E-state index in [2.05, 4.69) is 16.4 Å². The van der Waals surface area contributed by atoms with Crippen molar-refractivity contribution in [1.82, 2.24) is 10.3 Å². The summed E-state index contributed by atoms with van der Waals surface area (Å²) < 4.78 is 5.38. The molecule has 0 aliphatic carbocycles. The van der Waals surface area contributed by atoms with Crippen molar-refractivity contribution in [2.75, 3.05) is 20.3 Å². The molecule has 1 saturated heterocycles. The zero-order chi connectivity index (χ0) is 10.5. The van der Waals surface area contributed by atoms with Gasteiger partial charge in [0.25, 0.3) is 0 Å². The minimum Gasteiger partial charge on any atom is -0.381 e. The first-order valence-corrected chi connectivity index (χ1v) is 5.58. The van der Waals surface area contributed by atoms with Crippen LogP contribution in [0.2, 0.25) is 0 Å². The summed E-state index contributed by atoms with van der Waals surface area (Å²) >= 11 is 0. The number of hydrogen-bond acceptors (Lipinski definition) is 3. The molecular weight excluding hydrogens is 188 g/mol. The Kier molecular flexibility index (Phi) is 3.69. The van der Waals surface area contributed by atoms with E-state index in [1.807, 2.05) is 25.4 Å². The maximum Gasteiger partial charge on any atom is 0.0575 e. The quantitative estimate of drug-likeness (QED) is 0.818. The molecule has 2 rings (SSSR count). The topological polar surface area (TPSA) is 34.2 Å². The third-order valence-electron chi connectivity index (χ3n) is 3.05. The number of nitrogens with one attached hydrogen (secondary N) is 1. The van der Waals surface area contributed by atoms with Crippen LogP contribution < -0.4 is 5.32 Å². The van der Waals surface area contributed by atoms with Crippen LogP contribution in [-0.4, -0.2) is 25.2 Å². The molecule has 1 atom stereocenters. The Morgan fingerprint density at radius 2 is 2.20 bits per heavy atom. The van der Waals surface area contributed by atoms with Crippen LogP contribution >= 0.6 is 0 Å². The van der Waals surface area contributed by atoms with Crippen molar-refractivity contribution < 1.29 is 4.74 Å². The van der Waals surface area contributed by atoms with E-state index in [0.29, 0.717) is 12.0 Å². The van der Waals surface area contributed by atoms with Crippen molar-refractivity contribution in [3.63, 3.8) is 0 Å². The van der Waals surface area contributed by atoms with Gasteiger partial charge in [-0.2, -0.15) is 0 Å². The largest absolute Gasteiger partial charge is 0.381 e. The smallest absolute Gasteiger partial charge is 0.0575 e. The summed E-state index contributed by atoms with van der Waals surface area (Å²) in [6, 6.07) is 6.47. The summed E-state index contributed by atoms with van der Waals surface area (Å²) in [6.45, 7) is 1.77. The molecular formula is C12H18N2O. The van der Waals surface area contributed by atoms with E-state index in [4.69, 9.17) is 4.74 Å². The molecule has 0 amide bonds. The minimum atomic E-state index is 0.370. The lowest BCUT2D eigenvalue weighted by molar-refractivity contribution is 0.0541. The van der Waals surface area contributed by atoms with Crippen LogP contribution in [0.5, 0.6) is 0 Å². The van der Waals surface area contributed by atoms with E-state index in [0.717, 1.165) is 31.7 Å². The van der Waals surface area contributed by atoms with Gasteiger partial charge in [-0.3, -0.25) is 4.98 Å². The molecule has 15 heavy (non-hydrogen) atoms. The van der Waals surface area contributed by atoms with Gasteiger partial charge in [-0.1, -0.05) is 6.07 Å². The fourth-order valence-corrected chi connectivity index (χ4v) is 2.23. The first kappa shape index (κ1) is 10.6. The van der Waals surface area contributed by atoms with E-state index in [-0.39, 0.29) is 0 Å². The van der Waals surface area contributed by atoms with Gasteiger partial charge in [0.2, 0.25) is 0 Å². The zero-order valence-electron chi connectivity index (χ0n) is 9.15. The summed E-state index contributed by atoms with van der Waals surface area (Å²) in [4.78, 5) is 4.42. The van der Waals surface area contributed by atoms with Crippen LogP contribution in [-0.2, 0) is 4.74 Å². The van der Waals surface area contributed by atoms with Crippen molar-refractivity contribution in [3.05, 3.63) is 30.1 Å². The van der Waals surface area contributed by atoms with Gasteiger partial charge in [-0.25, -0.2) is 0 Å². The lowest BCUT2D eigenvalue weighted by Gasteiger charge is -2.29. The molecule has 0 radical (unpaired) electrons. The number of pyridine rings is 1. The lowest BCUT2D eigenvalue weighted by atomic mass is 9.89. The number of nitrogens with zero attached hydrogens (tertiary/aromatic N) is 1. The van der Waals surface area contributed by atoms with Gasteiger partial charge >= 0.3 is 0 Å². The highest BCUT2D eigenvalue weighted by molar-refractivity contribution is 5.10. The summed E-state index contributed by atoms with van der Waals surface area (Å²) in [7, 11) is 2.01. The standard InChI is InChI=1S/C12H18N2O/c1-13-12(10-5-8-15-9-6-10)11-4-2-3-7-14-11/h2-4,7,10,12-13H,5-6,8-9H2,1H3. The van der Waals surface area contributed by atoms with E-state index in [1.54, 1.807) is 0 Å². The van der Waals surface area contributed by atoms with Gasteiger partial charge < -0.3 is 10.1 Å². The number of ether oxygens (including phenoxy) is 1. The van der Waals surface area contributed by atoms with Crippen LogP contribution in [0.15, 0.2) is 24.4 Å². The summed E-state index contributed by atoms with van der Waals surface area (Å²) in [5.74, 6) is 0.652. The fourth-order valence-electron chi connectivity index (χ4n) is 2.23. The molecule has 1 unspecified atom stereocenters. The van der Waals surface area contributed by atoms with Crippen LogP contribution in [0.25, 0.3) is 0 Å². The molecule has 1 aliphatic rings. The van der Waals surface area contributed by atoms with Crippen LogP contribution in [0.4, 0.5) is 0 Å². The molecule has 1 aromatic heterocycles. The second-order valence-corrected chi connectivity index (χ2v) is 3.97. The molecule has 1 aliphatic heterocycles. The average Bonchev–Trinajstić information content (AvgIpc) is 2.33. The molecule has 1 N–H and O–H groups in total. The third-order valence-corrected chi connectivity index (χ3v) is 3.05. The third kappa shape index (κ3) is 2.55. The Morgan fingerprint density at radius 3 is 2.80 bits per heavy atom. The van der Waals surface area contributed by atoms with Crippen molar-refractivity contribution in [1.29, 1.82) is 0 Å². The van der Waals surface area contributed by atoms with E-state index in [1.165, 1.54) is 0 Å². The van der Waals surface area contributed by atoms with Gasteiger partial charge in [-0.05, 0) is 37.9 Å². The Balaban J connectivity index is 2.09. The summed E-state index contributed by atoms with van der Waals surface area (Å²) in [5, 5.41) is 3.37. The number of aromatic nitrogens is 1. The predicted molar refractivity (Wildman–Crippen MR) is 59.6 cm³/mol. The summed E-state index contributed by atoms with van der Waals surface area (Å²) in [5.41, 5.74) is 1.15. The molecule has 0 bridgehead atoms. The molecule has 0 aromatic carbocycles. The van der Waals surface area contributed by atoms with Crippen LogP contribution in [0, 0.1) is 5.92 Å². The fraction of sp³-hybridized carbons (Fsp3) is 0.583. The normalized spacial score (nSPS) is 20.1. The average molecular weight is 206 g/mol. The second kappa shape index (κ2) is 5.24. The predicted octanol–water partition coefficient (Wildman–Crippen LogP) is 1.77. The summed E-state index contributed by atoms with van der Waals surface area (Å²) in [6.07, 6.45) is 4.11. The second-order valence-electron chi connectivity index (χ2n) is 3.97. The van der Waals surface area contributed by atoms with Crippen molar-refractivity contribution in [2.24, 2.45) is 5.92 Å². The lowest BCUT2D eigenvalue weighted by Crippen LogP contribution is -2.30. The maximum atomic E-state index is 5.38. The van der Waals surface area contributed by atoms with Gasteiger partial charge in [0.15, 0.2) is 0 Å². The van der Waals surface area contributed by atoms with Crippen molar-refractivity contribution >= 4 is 0 Å². The Hall–Kier alpha value is -0.930. The first-order valence-electron chi connectivity index (χ1n) is 5.58. The highest BCUT2D eigenvalue weighted by Crippen LogP contribution is 2.28.